The van der Waals surface area contributed by atoms with Gasteiger partial charge in [-0.2, -0.15) is 15.0 Å². The molecule has 2 aromatic rings. The fourth-order valence-electron chi connectivity index (χ4n) is 2.75. The Bertz CT molecular complexity index is 900. The molecule has 0 saturated heterocycles. The SMILES string of the molecule is CN(C)CCCNc1nc(NCCCN(C)C)nc(Nc2ccc(NS(C)(=O)=O)cc2)n1. The van der Waals surface area contributed by atoms with Crippen molar-refractivity contribution in [1.29, 1.82) is 0 Å². The number of nitrogens with one attached hydrogen (secondary N) is 4. The third-order valence-corrected chi connectivity index (χ3v) is 4.82. The van der Waals surface area contributed by atoms with Crippen molar-refractivity contribution in [3.05, 3.63) is 24.3 Å². The van der Waals surface area contributed by atoms with Crippen LogP contribution in [0.15, 0.2) is 24.3 Å². The van der Waals surface area contributed by atoms with Crippen molar-refractivity contribution >= 4 is 39.2 Å². The van der Waals surface area contributed by atoms with Crippen LogP contribution in [-0.4, -0.2) is 93.8 Å². The second-order valence-electron chi connectivity index (χ2n) is 8.05. The van der Waals surface area contributed by atoms with Crippen LogP contribution in [-0.2, 0) is 10.0 Å². The van der Waals surface area contributed by atoms with E-state index in [0.29, 0.717) is 23.5 Å². The summed E-state index contributed by atoms with van der Waals surface area (Å²) in [6.07, 6.45) is 3.04. The van der Waals surface area contributed by atoms with Gasteiger partial charge in [-0.25, -0.2) is 8.42 Å². The molecule has 1 aromatic carbocycles. The fraction of sp³-hybridized carbons (Fsp3) is 0.550. The van der Waals surface area contributed by atoms with Crippen LogP contribution in [0.1, 0.15) is 12.8 Å². The second kappa shape index (κ2) is 12.4. The quantitative estimate of drug-likeness (QED) is 0.306. The van der Waals surface area contributed by atoms with E-state index in [2.05, 4.69) is 45.4 Å². The van der Waals surface area contributed by atoms with Gasteiger partial charge in [-0.3, -0.25) is 4.72 Å². The highest BCUT2D eigenvalue weighted by Crippen LogP contribution is 2.19. The third-order valence-electron chi connectivity index (χ3n) is 4.21. The predicted octanol–water partition coefficient (Wildman–Crippen LogP) is 1.71. The van der Waals surface area contributed by atoms with Gasteiger partial charge in [0.1, 0.15) is 0 Å². The average molecular weight is 466 g/mol. The summed E-state index contributed by atoms with van der Waals surface area (Å²) < 4.78 is 25.2. The topological polar surface area (TPSA) is 127 Å². The highest BCUT2D eigenvalue weighted by molar-refractivity contribution is 7.92. The van der Waals surface area contributed by atoms with Crippen LogP contribution >= 0.6 is 0 Å². The molecule has 0 bridgehead atoms. The number of sulfonamides is 1. The molecule has 0 aliphatic heterocycles. The predicted molar refractivity (Wildman–Crippen MR) is 131 cm³/mol. The van der Waals surface area contributed by atoms with Crippen molar-refractivity contribution in [2.24, 2.45) is 0 Å². The number of rotatable bonds is 14. The maximum atomic E-state index is 11.4. The third kappa shape index (κ3) is 10.6. The molecular formula is C20H35N9O2S. The normalized spacial score (nSPS) is 11.6. The Morgan fingerprint density at radius 1 is 0.750 bits per heavy atom. The van der Waals surface area contributed by atoms with Crippen LogP contribution in [0, 0.1) is 0 Å². The van der Waals surface area contributed by atoms with Crippen molar-refractivity contribution in [2.45, 2.75) is 12.8 Å². The van der Waals surface area contributed by atoms with Crippen LogP contribution in [0.4, 0.5) is 29.2 Å². The Kier molecular flexibility index (Phi) is 9.88. The van der Waals surface area contributed by atoms with E-state index in [9.17, 15) is 8.42 Å². The molecule has 1 heterocycles. The Morgan fingerprint density at radius 2 is 1.19 bits per heavy atom. The molecule has 0 radical (unpaired) electrons. The first-order valence-electron chi connectivity index (χ1n) is 10.5. The van der Waals surface area contributed by atoms with Crippen LogP contribution < -0.4 is 20.7 Å². The van der Waals surface area contributed by atoms with Crippen molar-refractivity contribution in [2.75, 3.05) is 81.3 Å². The molecule has 0 aliphatic rings. The zero-order valence-corrected chi connectivity index (χ0v) is 20.3. The van der Waals surface area contributed by atoms with E-state index in [4.69, 9.17) is 0 Å². The van der Waals surface area contributed by atoms with Gasteiger partial charge in [-0.15, -0.1) is 0 Å². The van der Waals surface area contributed by atoms with Gasteiger partial charge in [0.2, 0.25) is 27.9 Å². The molecule has 2 rings (SSSR count). The molecule has 1 aromatic heterocycles. The highest BCUT2D eigenvalue weighted by atomic mass is 32.2. The molecule has 178 valence electrons. The minimum atomic E-state index is -3.32. The molecule has 0 amide bonds. The van der Waals surface area contributed by atoms with E-state index in [1.54, 1.807) is 24.3 Å². The molecule has 0 unspecified atom stereocenters. The van der Waals surface area contributed by atoms with Crippen molar-refractivity contribution in [1.82, 2.24) is 24.8 Å². The van der Waals surface area contributed by atoms with E-state index in [1.165, 1.54) is 0 Å². The number of hydrogen-bond donors (Lipinski definition) is 4. The summed E-state index contributed by atoms with van der Waals surface area (Å²) in [5.74, 6) is 1.38. The zero-order chi connectivity index (χ0) is 23.6. The summed E-state index contributed by atoms with van der Waals surface area (Å²) in [7, 11) is 4.84. The summed E-state index contributed by atoms with van der Waals surface area (Å²) in [6.45, 7) is 3.42. The molecule has 0 saturated carbocycles. The molecule has 0 fully saturated rings. The first-order valence-corrected chi connectivity index (χ1v) is 12.4. The van der Waals surface area contributed by atoms with Crippen LogP contribution in [0.25, 0.3) is 0 Å². The number of anilines is 5. The monoisotopic (exact) mass is 465 g/mol. The minimum Gasteiger partial charge on any atom is -0.354 e. The van der Waals surface area contributed by atoms with E-state index in [-0.39, 0.29) is 0 Å². The zero-order valence-electron chi connectivity index (χ0n) is 19.5. The lowest BCUT2D eigenvalue weighted by atomic mass is 10.3. The summed E-state index contributed by atoms with van der Waals surface area (Å²) in [4.78, 5) is 17.7. The first kappa shape index (κ1) is 25.6. The molecule has 12 heteroatoms. The highest BCUT2D eigenvalue weighted by Gasteiger charge is 2.08. The number of nitrogens with zero attached hydrogens (tertiary/aromatic N) is 5. The first-order chi connectivity index (χ1) is 15.1. The summed E-state index contributed by atoms with van der Waals surface area (Å²) in [5.41, 5.74) is 1.22. The molecule has 0 spiro atoms. The van der Waals surface area contributed by atoms with Gasteiger partial charge in [0, 0.05) is 24.5 Å². The van der Waals surface area contributed by atoms with E-state index in [1.807, 2.05) is 28.2 Å². The van der Waals surface area contributed by atoms with Gasteiger partial charge in [-0.1, -0.05) is 0 Å². The smallest absolute Gasteiger partial charge is 0.233 e. The Balaban J connectivity index is 2.08. The minimum absolute atomic E-state index is 0.397. The van der Waals surface area contributed by atoms with Crippen LogP contribution in [0.2, 0.25) is 0 Å². The number of benzene rings is 1. The Morgan fingerprint density at radius 3 is 1.62 bits per heavy atom. The van der Waals surface area contributed by atoms with Crippen LogP contribution in [0.5, 0.6) is 0 Å². The molecule has 32 heavy (non-hydrogen) atoms. The van der Waals surface area contributed by atoms with Crippen LogP contribution in [0.3, 0.4) is 0 Å². The average Bonchev–Trinajstić information content (AvgIpc) is 2.69. The van der Waals surface area contributed by atoms with Gasteiger partial charge in [0.15, 0.2) is 0 Å². The molecule has 11 nitrogen and oxygen atoms in total. The standard InChI is InChI=1S/C20H35N9O2S/c1-28(2)14-6-12-21-18-24-19(22-13-7-15-29(3)4)26-20(25-18)23-16-8-10-17(11-9-16)27-32(5,30)31/h8-11,27H,6-7,12-15H2,1-5H3,(H3,21,22,23,24,25,26). The lowest BCUT2D eigenvalue weighted by Gasteiger charge is -2.13. The molecule has 4 N–H and O–H groups in total. The lowest BCUT2D eigenvalue weighted by molar-refractivity contribution is 0.405. The second-order valence-corrected chi connectivity index (χ2v) is 9.80. The number of aromatic nitrogens is 3. The van der Waals surface area contributed by atoms with Crippen molar-refractivity contribution in [3.63, 3.8) is 0 Å². The maximum absolute atomic E-state index is 11.4. The Labute approximate surface area is 191 Å². The summed E-state index contributed by atoms with van der Waals surface area (Å²) >= 11 is 0. The van der Waals surface area contributed by atoms with Gasteiger partial charge in [0.05, 0.1) is 6.26 Å². The molecular weight excluding hydrogens is 430 g/mol. The largest absolute Gasteiger partial charge is 0.354 e. The molecule has 0 aliphatic carbocycles. The van der Waals surface area contributed by atoms with Gasteiger partial charge >= 0.3 is 0 Å². The van der Waals surface area contributed by atoms with E-state index >= 15 is 0 Å². The Hall–Kier alpha value is -2.70. The van der Waals surface area contributed by atoms with Gasteiger partial charge in [0.25, 0.3) is 0 Å². The van der Waals surface area contributed by atoms with Gasteiger partial charge in [-0.05, 0) is 78.4 Å². The van der Waals surface area contributed by atoms with Crippen molar-refractivity contribution in [3.8, 4) is 0 Å². The van der Waals surface area contributed by atoms with E-state index < -0.39 is 10.0 Å². The maximum Gasteiger partial charge on any atom is 0.233 e. The molecule has 0 atom stereocenters. The number of hydrogen-bond acceptors (Lipinski definition) is 10. The summed E-state index contributed by atoms with van der Waals surface area (Å²) in [6, 6.07) is 6.86. The van der Waals surface area contributed by atoms with E-state index in [0.717, 1.165) is 51.0 Å². The fourth-order valence-corrected chi connectivity index (χ4v) is 3.31. The lowest BCUT2D eigenvalue weighted by Crippen LogP contribution is -2.19. The van der Waals surface area contributed by atoms with Crippen molar-refractivity contribution < 1.29 is 8.42 Å². The van der Waals surface area contributed by atoms with Gasteiger partial charge < -0.3 is 25.8 Å². The summed E-state index contributed by atoms with van der Waals surface area (Å²) in [5, 5.41) is 9.67.